The van der Waals surface area contributed by atoms with E-state index in [-0.39, 0.29) is 31.4 Å². The highest BCUT2D eigenvalue weighted by molar-refractivity contribution is 5.72. The van der Waals surface area contributed by atoms with Crippen molar-refractivity contribution in [1.82, 2.24) is 59.9 Å². The highest BCUT2D eigenvalue weighted by atomic mass is 16.3. The fourth-order valence-corrected chi connectivity index (χ4v) is 7.44. The smallest absolute Gasteiger partial charge is 0.221 e. The predicted molar refractivity (Wildman–Crippen MR) is 231 cm³/mol. The van der Waals surface area contributed by atoms with Crippen LogP contribution in [0.5, 0.6) is 0 Å². The first-order valence-electron chi connectivity index (χ1n) is 19.7. The van der Waals surface area contributed by atoms with Crippen LogP contribution in [0.3, 0.4) is 0 Å². The van der Waals surface area contributed by atoms with Crippen LogP contribution in [0.2, 0.25) is 0 Å². The zero-order chi connectivity index (χ0) is 44.5. The Hall–Kier alpha value is -8.32. The van der Waals surface area contributed by atoms with Gasteiger partial charge in [0, 0.05) is 17.5 Å². The molecule has 0 spiro atoms. The SMILES string of the molecule is Cc1c(C#N)cccc1-c1cc(-c2cn(Cc3cccc(C(C)(O)CC(C)(O)c4cccc(Cn5cc(-c6cc(-c7cccc(C#N)c7C)nc(N)n6)nn5)n4)n3)nn2)nc(N)n1. The van der Waals surface area contributed by atoms with Crippen LogP contribution in [-0.4, -0.2) is 70.1 Å². The molecular formula is C45H40N16O2. The maximum Gasteiger partial charge on any atom is 0.221 e. The van der Waals surface area contributed by atoms with Gasteiger partial charge in [-0.25, -0.2) is 29.3 Å². The number of hydrogen-bond donors (Lipinski definition) is 4. The number of hydrogen-bond acceptors (Lipinski definition) is 16. The van der Waals surface area contributed by atoms with Crippen molar-refractivity contribution in [3.05, 3.63) is 142 Å². The van der Waals surface area contributed by atoms with E-state index in [1.807, 2.05) is 26.0 Å². The fourth-order valence-electron chi connectivity index (χ4n) is 7.44. The van der Waals surface area contributed by atoms with Crippen LogP contribution >= 0.6 is 0 Å². The lowest BCUT2D eigenvalue weighted by Crippen LogP contribution is -2.35. The van der Waals surface area contributed by atoms with Gasteiger partial charge in [-0.15, -0.1) is 10.2 Å². The van der Waals surface area contributed by atoms with Gasteiger partial charge in [-0.1, -0.05) is 46.8 Å². The van der Waals surface area contributed by atoms with Crippen molar-refractivity contribution >= 4 is 11.9 Å². The third-order valence-corrected chi connectivity index (χ3v) is 10.6. The lowest BCUT2D eigenvalue weighted by atomic mass is 9.84. The van der Waals surface area contributed by atoms with Gasteiger partial charge in [0.1, 0.15) is 22.6 Å². The van der Waals surface area contributed by atoms with E-state index < -0.39 is 11.2 Å². The van der Waals surface area contributed by atoms with Crippen molar-refractivity contribution in [2.75, 3.05) is 11.5 Å². The monoisotopic (exact) mass is 836 g/mol. The highest BCUT2D eigenvalue weighted by Crippen LogP contribution is 2.35. The molecule has 0 radical (unpaired) electrons. The zero-order valence-electron chi connectivity index (χ0n) is 34.7. The fraction of sp³-hybridized carbons (Fsp3) is 0.200. The molecule has 0 amide bonds. The molecule has 2 aromatic carbocycles. The molecule has 18 heteroatoms. The average Bonchev–Trinajstić information content (AvgIpc) is 3.93. The number of aromatic nitrogens is 12. The van der Waals surface area contributed by atoms with E-state index in [1.165, 1.54) is 0 Å². The Bertz CT molecular complexity index is 2900. The molecule has 312 valence electrons. The molecule has 0 bridgehead atoms. The largest absolute Gasteiger partial charge is 0.384 e. The van der Waals surface area contributed by atoms with E-state index in [0.29, 0.717) is 68.1 Å². The molecule has 0 saturated carbocycles. The summed E-state index contributed by atoms with van der Waals surface area (Å²) in [5.41, 5.74) is 18.0. The normalized spacial score (nSPS) is 13.1. The molecule has 0 aliphatic rings. The minimum atomic E-state index is -1.58. The summed E-state index contributed by atoms with van der Waals surface area (Å²) in [6.07, 6.45) is 3.29. The second-order valence-corrected chi connectivity index (χ2v) is 15.5. The first-order valence-corrected chi connectivity index (χ1v) is 19.7. The number of nitrogens with zero attached hydrogens (tertiary/aromatic N) is 14. The third kappa shape index (κ3) is 8.79. The van der Waals surface area contributed by atoms with Crippen LogP contribution in [0.1, 0.15) is 65.3 Å². The third-order valence-electron chi connectivity index (χ3n) is 10.6. The van der Waals surface area contributed by atoms with Gasteiger partial charge in [-0.3, -0.25) is 9.97 Å². The van der Waals surface area contributed by atoms with Crippen molar-refractivity contribution in [1.29, 1.82) is 10.5 Å². The highest BCUT2D eigenvalue weighted by Gasteiger charge is 2.37. The molecule has 8 aromatic rings. The predicted octanol–water partition coefficient (Wildman–Crippen LogP) is 5.03. The van der Waals surface area contributed by atoms with Gasteiger partial charge in [0.05, 0.1) is 94.3 Å². The van der Waals surface area contributed by atoms with Gasteiger partial charge >= 0.3 is 0 Å². The number of aliphatic hydroxyl groups is 2. The summed E-state index contributed by atoms with van der Waals surface area (Å²) in [4.78, 5) is 27.0. The van der Waals surface area contributed by atoms with Crippen molar-refractivity contribution in [2.45, 2.75) is 58.4 Å². The lowest BCUT2D eigenvalue weighted by Gasteiger charge is -2.32. The van der Waals surface area contributed by atoms with E-state index >= 15 is 0 Å². The maximum absolute atomic E-state index is 11.8. The Morgan fingerprint density at radius 2 is 0.952 bits per heavy atom. The van der Waals surface area contributed by atoms with Crippen molar-refractivity contribution in [2.24, 2.45) is 0 Å². The number of nitrogen functional groups attached to an aromatic ring is 2. The minimum absolute atomic E-state index is 0.0504. The molecule has 8 rings (SSSR count). The second-order valence-electron chi connectivity index (χ2n) is 15.5. The van der Waals surface area contributed by atoms with E-state index in [9.17, 15) is 20.7 Å². The van der Waals surface area contributed by atoms with Gasteiger partial charge in [0.15, 0.2) is 0 Å². The Balaban J connectivity index is 0.953. The molecule has 0 saturated heterocycles. The molecule has 2 atom stereocenters. The molecule has 6 N–H and O–H groups in total. The number of rotatable bonds is 12. The quantitative estimate of drug-likeness (QED) is 0.125. The molecule has 0 aliphatic carbocycles. The van der Waals surface area contributed by atoms with Gasteiger partial charge < -0.3 is 21.7 Å². The number of pyridine rings is 2. The van der Waals surface area contributed by atoms with Crippen molar-refractivity contribution < 1.29 is 10.2 Å². The minimum Gasteiger partial charge on any atom is -0.384 e. The summed E-state index contributed by atoms with van der Waals surface area (Å²) in [7, 11) is 0. The van der Waals surface area contributed by atoms with Crippen LogP contribution in [0.4, 0.5) is 11.9 Å². The Morgan fingerprint density at radius 3 is 1.37 bits per heavy atom. The second kappa shape index (κ2) is 16.6. The summed E-state index contributed by atoms with van der Waals surface area (Å²) in [5, 5.41) is 59.8. The number of nitrogens with two attached hydrogens (primary N) is 2. The molecule has 0 aliphatic heterocycles. The van der Waals surface area contributed by atoms with Crippen molar-refractivity contribution in [3.8, 4) is 57.4 Å². The van der Waals surface area contributed by atoms with E-state index in [1.54, 1.807) is 108 Å². The van der Waals surface area contributed by atoms with Crippen LogP contribution in [-0.2, 0) is 24.3 Å². The topological polar surface area (TPSA) is 279 Å². The molecule has 63 heavy (non-hydrogen) atoms. The first-order chi connectivity index (χ1) is 30.2. The van der Waals surface area contributed by atoms with Crippen LogP contribution in [0.15, 0.2) is 97.3 Å². The summed E-state index contributed by atoms with van der Waals surface area (Å²) < 4.78 is 3.19. The lowest BCUT2D eigenvalue weighted by molar-refractivity contribution is -0.0570. The Labute approximate surface area is 361 Å². The van der Waals surface area contributed by atoms with Crippen LogP contribution < -0.4 is 11.5 Å². The number of benzene rings is 2. The summed E-state index contributed by atoms with van der Waals surface area (Å²) in [6.45, 7) is 7.34. The molecule has 6 heterocycles. The molecule has 6 aromatic heterocycles. The molecule has 2 unspecified atom stereocenters. The first kappa shape index (κ1) is 41.4. The summed E-state index contributed by atoms with van der Waals surface area (Å²) >= 11 is 0. The summed E-state index contributed by atoms with van der Waals surface area (Å²) in [5.74, 6) is 0.101. The van der Waals surface area contributed by atoms with E-state index in [0.717, 1.165) is 22.3 Å². The van der Waals surface area contributed by atoms with E-state index in [4.69, 9.17) is 21.4 Å². The Morgan fingerprint density at radius 1 is 0.556 bits per heavy atom. The van der Waals surface area contributed by atoms with Gasteiger partial charge in [0.2, 0.25) is 11.9 Å². The van der Waals surface area contributed by atoms with Crippen LogP contribution in [0.25, 0.3) is 45.3 Å². The van der Waals surface area contributed by atoms with Gasteiger partial charge in [-0.2, -0.15) is 10.5 Å². The summed E-state index contributed by atoms with van der Waals surface area (Å²) in [6, 6.07) is 29.3. The number of nitriles is 2. The molecule has 18 nitrogen and oxygen atoms in total. The number of anilines is 2. The molecular weight excluding hydrogens is 797 g/mol. The maximum atomic E-state index is 11.8. The van der Waals surface area contributed by atoms with Crippen molar-refractivity contribution in [3.63, 3.8) is 0 Å². The van der Waals surface area contributed by atoms with Gasteiger partial charge in [-0.05, 0) is 87.4 Å². The standard InChI is InChI=1S/C45H40N16O2/c1-26-28(19-46)9-5-13-32(26)34-17-36(54-42(48)52-34)38-23-60(58-56-38)21-30-11-7-15-40(50-30)44(3,62)25-45(4,63)41-16-8-12-31(51-41)22-61-24-39(57-59-61)37-18-35(53-43(49)55-37)33-14-6-10-29(20-47)27(33)2/h5-18,23-24,62-63H,21-22,25H2,1-4H3,(H2,48,52,54)(H2,49,53,55). The zero-order valence-corrected chi connectivity index (χ0v) is 34.7. The van der Waals surface area contributed by atoms with Crippen LogP contribution in [0, 0.1) is 36.5 Å². The van der Waals surface area contributed by atoms with E-state index in [2.05, 4.69) is 52.7 Å². The Kier molecular flexibility index (Phi) is 10.9. The average molecular weight is 837 g/mol. The van der Waals surface area contributed by atoms with Gasteiger partial charge in [0.25, 0.3) is 0 Å². The molecule has 0 fully saturated rings.